The van der Waals surface area contributed by atoms with E-state index in [2.05, 4.69) is 44.8 Å². The number of nitrogens with one attached hydrogen (secondary N) is 1. The van der Waals surface area contributed by atoms with Gasteiger partial charge in [0.2, 0.25) is 0 Å². The van der Waals surface area contributed by atoms with Crippen molar-refractivity contribution in [3.63, 3.8) is 0 Å². The Morgan fingerprint density at radius 3 is 2.20 bits per heavy atom. The van der Waals surface area contributed by atoms with Crippen molar-refractivity contribution in [3.05, 3.63) is 0 Å². The van der Waals surface area contributed by atoms with Crippen LogP contribution in [0.15, 0.2) is 0 Å². The Labute approximate surface area is 126 Å². The smallest absolute Gasteiger partial charge is 0.0304 e. The van der Waals surface area contributed by atoms with E-state index in [1.807, 2.05) is 0 Å². The molecule has 1 heterocycles. The van der Waals surface area contributed by atoms with Gasteiger partial charge in [-0.1, -0.05) is 47.0 Å². The Balaban J connectivity index is 2.22. The van der Waals surface area contributed by atoms with Crippen LogP contribution in [0.25, 0.3) is 0 Å². The van der Waals surface area contributed by atoms with Crippen molar-refractivity contribution >= 4 is 0 Å². The van der Waals surface area contributed by atoms with Crippen LogP contribution < -0.4 is 5.32 Å². The van der Waals surface area contributed by atoms with Gasteiger partial charge < -0.3 is 5.32 Å². The largest absolute Gasteiger partial charge is 0.308 e. The van der Waals surface area contributed by atoms with Crippen LogP contribution in [-0.4, -0.2) is 35.1 Å². The monoisotopic (exact) mass is 280 g/mol. The molecule has 2 aliphatic rings. The Morgan fingerprint density at radius 1 is 1.10 bits per heavy atom. The van der Waals surface area contributed by atoms with Gasteiger partial charge in [-0.3, -0.25) is 4.90 Å². The van der Waals surface area contributed by atoms with Crippen LogP contribution in [0, 0.1) is 5.92 Å². The lowest BCUT2D eigenvalue weighted by Gasteiger charge is -2.57. The number of nitrogens with zero attached hydrogens (tertiary/aromatic N) is 1. The zero-order chi connectivity index (χ0) is 14.8. The summed E-state index contributed by atoms with van der Waals surface area (Å²) in [6, 6.07) is 0.712. The molecule has 2 nitrogen and oxygen atoms in total. The molecular formula is C18H36N2. The van der Waals surface area contributed by atoms with Crippen LogP contribution >= 0.6 is 0 Å². The Kier molecular flexibility index (Phi) is 5.18. The number of rotatable bonds is 4. The summed E-state index contributed by atoms with van der Waals surface area (Å²) in [6.45, 7) is 14.5. The second-order valence-electron chi connectivity index (χ2n) is 7.87. The molecule has 2 heteroatoms. The van der Waals surface area contributed by atoms with E-state index in [0.29, 0.717) is 17.1 Å². The first-order chi connectivity index (χ1) is 9.46. The topological polar surface area (TPSA) is 15.3 Å². The minimum Gasteiger partial charge on any atom is -0.308 e. The third kappa shape index (κ3) is 3.06. The van der Waals surface area contributed by atoms with Crippen molar-refractivity contribution in [1.29, 1.82) is 0 Å². The molecule has 1 unspecified atom stereocenters. The molecule has 0 bridgehead atoms. The van der Waals surface area contributed by atoms with Crippen LogP contribution in [0.2, 0.25) is 0 Å². The molecule has 0 aromatic heterocycles. The summed E-state index contributed by atoms with van der Waals surface area (Å²) in [7, 11) is 0. The van der Waals surface area contributed by atoms with Crippen LogP contribution in [0.3, 0.4) is 0 Å². The van der Waals surface area contributed by atoms with Crippen LogP contribution in [0.1, 0.15) is 79.6 Å². The number of piperazine rings is 1. The summed E-state index contributed by atoms with van der Waals surface area (Å²) in [5, 5.41) is 3.91. The summed E-state index contributed by atoms with van der Waals surface area (Å²) < 4.78 is 0. The number of hydrogen-bond donors (Lipinski definition) is 1. The fraction of sp³-hybridized carbons (Fsp3) is 1.00. The van der Waals surface area contributed by atoms with E-state index in [1.165, 1.54) is 58.0 Å². The molecule has 2 rings (SSSR count). The van der Waals surface area contributed by atoms with Gasteiger partial charge in [0.05, 0.1) is 0 Å². The first-order valence-electron chi connectivity index (χ1n) is 8.98. The molecule has 2 fully saturated rings. The molecule has 0 radical (unpaired) electrons. The van der Waals surface area contributed by atoms with Gasteiger partial charge in [-0.25, -0.2) is 0 Å². The van der Waals surface area contributed by atoms with Crippen molar-refractivity contribution < 1.29 is 0 Å². The second kappa shape index (κ2) is 6.36. The SMILES string of the molecule is CCC1(CC)CN(C2(C)CCCCC2)C(C(C)C)CN1. The average Bonchev–Trinajstić information content (AvgIpc) is 2.47. The van der Waals surface area contributed by atoms with Crippen LogP contribution in [0.5, 0.6) is 0 Å². The Bertz CT molecular complexity index is 301. The van der Waals surface area contributed by atoms with E-state index < -0.39 is 0 Å². The highest BCUT2D eigenvalue weighted by molar-refractivity contribution is 5.03. The molecule has 118 valence electrons. The second-order valence-corrected chi connectivity index (χ2v) is 7.87. The molecule has 1 atom stereocenters. The zero-order valence-electron chi connectivity index (χ0n) is 14.5. The van der Waals surface area contributed by atoms with E-state index in [-0.39, 0.29) is 0 Å². The lowest BCUT2D eigenvalue weighted by Crippen LogP contribution is -2.69. The minimum absolute atomic E-state index is 0.353. The zero-order valence-corrected chi connectivity index (χ0v) is 14.5. The molecular weight excluding hydrogens is 244 g/mol. The maximum Gasteiger partial charge on any atom is 0.0304 e. The van der Waals surface area contributed by atoms with E-state index in [0.717, 1.165) is 5.92 Å². The molecule has 20 heavy (non-hydrogen) atoms. The van der Waals surface area contributed by atoms with Gasteiger partial charge in [-0.05, 0) is 38.5 Å². The maximum absolute atomic E-state index is 3.91. The molecule has 0 amide bonds. The minimum atomic E-state index is 0.353. The van der Waals surface area contributed by atoms with Gasteiger partial charge in [0.25, 0.3) is 0 Å². The predicted molar refractivity (Wildman–Crippen MR) is 88.1 cm³/mol. The predicted octanol–water partition coefficient (Wildman–Crippen LogP) is 4.20. The van der Waals surface area contributed by atoms with Crippen LogP contribution in [0.4, 0.5) is 0 Å². The first kappa shape index (κ1) is 16.3. The summed E-state index contributed by atoms with van der Waals surface area (Å²) in [5.41, 5.74) is 0.802. The highest BCUT2D eigenvalue weighted by atomic mass is 15.3. The maximum atomic E-state index is 3.91. The van der Waals surface area contributed by atoms with Crippen molar-refractivity contribution in [3.8, 4) is 0 Å². The summed E-state index contributed by atoms with van der Waals surface area (Å²) in [6.07, 6.45) is 9.61. The molecule has 1 aliphatic carbocycles. The number of hydrogen-bond acceptors (Lipinski definition) is 2. The third-order valence-electron chi connectivity index (χ3n) is 6.31. The van der Waals surface area contributed by atoms with Gasteiger partial charge in [-0.2, -0.15) is 0 Å². The molecule has 1 aliphatic heterocycles. The highest BCUT2D eigenvalue weighted by Gasteiger charge is 2.45. The van der Waals surface area contributed by atoms with E-state index in [4.69, 9.17) is 0 Å². The average molecular weight is 280 g/mol. The highest BCUT2D eigenvalue weighted by Crippen LogP contribution is 2.39. The summed E-state index contributed by atoms with van der Waals surface area (Å²) in [4.78, 5) is 2.92. The third-order valence-corrected chi connectivity index (χ3v) is 6.31. The van der Waals surface area contributed by atoms with Gasteiger partial charge in [-0.15, -0.1) is 0 Å². The van der Waals surface area contributed by atoms with Gasteiger partial charge in [0, 0.05) is 30.2 Å². The van der Waals surface area contributed by atoms with Gasteiger partial charge in [0.15, 0.2) is 0 Å². The standard InChI is InChI=1S/C18H36N2/c1-6-18(7-2)14-20(16(13-19-18)15(3)4)17(5)11-9-8-10-12-17/h15-16,19H,6-14H2,1-5H3. The van der Waals surface area contributed by atoms with Crippen molar-refractivity contribution in [2.45, 2.75) is 96.7 Å². The molecule has 0 aromatic carbocycles. The lowest BCUT2D eigenvalue weighted by molar-refractivity contribution is -0.0445. The van der Waals surface area contributed by atoms with E-state index >= 15 is 0 Å². The van der Waals surface area contributed by atoms with Crippen molar-refractivity contribution in [1.82, 2.24) is 10.2 Å². The van der Waals surface area contributed by atoms with Gasteiger partial charge in [0.1, 0.15) is 0 Å². The van der Waals surface area contributed by atoms with Crippen molar-refractivity contribution in [2.24, 2.45) is 5.92 Å². The summed E-state index contributed by atoms with van der Waals surface area (Å²) >= 11 is 0. The van der Waals surface area contributed by atoms with Gasteiger partial charge >= 0.3 is 0 Å². The Hall–Kier alpha value is -0.0800. The molecule has 0 spiro atoms. The Morgan fingerprint density at radius 2 is 1.70 bits per heavy atom. The molecule has 1 saturated heterocycles. The molecule has 1 N–H and O–H groups in total. The fourth-order valence-corrected chi connectivity index (χ4v) is 4.44. The normalized spacial score (nSPS) is 30.6. The van der Waals surface area contributed by atoms with E-state index in [9.17, 15) is 0 Å². The van der Waals surface area contributed by atoms with Crippen LogP contribution in [-0.2, 0) is 0 Å². The summed E-state index contributed by atoms with van der Waals surface area (Å²) in [5.74, 6) is 0.743. The molecule has 1 saturated carbocycles. The quantitative estimate of drug-likeness (QED) is 0.830. The lowest BCUT2D eigenvalue weighted by atomic mass is 9.76. The fourth-order valence-electron chi connectivity index (χ4n) is 4.44. The first-order valence-corrected chi connectivity index (χ1v) is 8.98. The molecule has 0 aromatic rings. The van der Waals surface area contributed by atoms with Crippen molar-refractivity contribution in [2.75, 3.05) is 13.1 Å². The van der Waals surface area contributed by atoms with E-state index in [1.54, 1.807) is 0 Å².